The van der Waals surface area contributed by atoms with Gasteiger partial charge in [0.1, 0.15) is 5.82 Å². The molecule has 1 N–H and O–H groups in total. The van der Waals surface area contributed by atoms with Crippen molar-refractivity contribution in [3.8, 4) is 0 Å². The van der Waals surface area contributed by atoms with E-state index in [1.165, 1.54) is 38.5 Å². The van der Waals surface area contributed by atoms with Crippen LogP contribution < -0.4 is 5.32 Å². The summed E-state index contributed by atoms with van der Waals surface area (Å²) < 4.78 is 23.5. The molecule has 0 unspecified atom stereocenters. The van der Waals surface area contributed by atoms with Gasteiger partial charge in [-0.1, -0.05) is 18.2 Å². The van der Waals surface area contributed by atoms with Crippen molar-refractivity contribution in [3.63, 3.8) is 0 Å². The Balaban J connectivity index is 1.77. The van der Waals surface area contributed by atoms with Gasteiger partial charge in [-0.25, -0.2) is 14.0 Å². The van der Waals surface area contributed by atoms with Crippen molar-refractivity contribution in [1.29, 1.82) is 0 Å². The lowest BCUT2D eigenvalue weighted by Crippen LogP contribution is -2.35. The zero-order chi connectivity index (χ0) is 21.7. The maximum Gasteiger partial charge on any atom is 0.339 e. The van der Waals surface area contributed by atoms with E-state index in [0.29, 0.717) is 12.1 Å². The molecule has 0 aromatic heterocycles. The number of halogens is 1. The maximum absolute atomic E-state index is 14.0. The van der Waals surface area contributed by atoms with Crippen molar-refractivity contribution in [2.24, 2.45) is 0 Å². The van der Waals surface area contributed by atoms with Gasteiger partial charge in [-0.15, -0.1) is 0 Å². The van der Waals surface area contributed by atoms with Crippen molar-refractivity contribution >= 4 is 23.5 Å². The molecule has 0 spiro atoms. The van der Waals surface area contributed by atoms with Crippen LogP contribution in [0.2, 0.25) is 0 Å². The van der Waals surface area contributed by atoms with Crippen LogP contribution in [0.1, 0.15) is 39.1 Å². The third kappa shape index (κ3) is 5.21. The van der Waals surface area contributed by atoms with Crippen molar-refractivity contribution in [2.45, 2.75) is 25.4 Å². The Morgan fingerprint density at radius 3 is 2.40 bits per heavy atom. The summed E-state index contributed by atoms with van der Waals surface area (Å²) in [7, 11) is 2.47. The minimum Gasteiger partial charge on any atom is -0.465 e. The summed E-state index contributed by atoms with van der Waals surface area (Å²) in [5.74, 6) is -1.94. The van der Waals surface area contributed by atoms with E-state index in [-0.39, 0.29) is 41.1 Å². The van der Waals surface area contributed by atoms with Crippen LogP contribution in [-0.2, 0) is 20.8 Å². The maximum atomic E-state index is 14.0. The number of nitrogens with zero attached hydrogens (tertiary/aromatic N) is 1. The molecule has 1 fully saturated rings. The van der Waals surface area contributed by atoms with Crippen LogP contribution in [0.4, 0.5) is 10.1 Å². The molecular weight excluding hydrogens is 391 g/mol. The monoisotopic (exact) mass is 414 g/mol. The third-order valence-electron chi connectivity index (χ3n) is 4.86. The second-order valence-corrected chi connectivity index (χ2v) is 7.02. The van der Waals surface area contributed by atoms with Gasteiger partial charge in [-0.05, 0) is 37.1 Å². The second kappa shape index (κ2) is 9.49. The summed E-state index contributed by atoms with van der Waals surface area (Å²) in [6.07, 6.45) is 1.87. The molecule has 8 heteroatoms. The Morgan fingerprint density at radius 1 is 1.07 bits per heavy atom. The number of nitrogens with one attached hydrogen (secondary N) is 1. The van der Waals surface area contributed by atoms with E-state index >= 15 is 0 Å². The predicted molar refractivity (Wildman–Crippen MR) is 108 cm³/mol. The zero-order valence-corrected chi connectivity index (χ0v) is 16.8. The minimum absolute atomic E-state index is 0.0159. The lowest BCUT2D eigenvalue weighted by atomic mass is 10.1. The predicted octanol–water partition coefficient (Wildman–Crippen LogP) is 3.00. The first-order valence-electron chi connectivity index (χ1n) is 9.51. The Kier molecular flexibility index (Phi) is 6.79. The summed E-state index contributed by atoms with van der Waals surface area (Å²) in [6.45, 7) is 0.318. The van der Waals surface area contributed by atoms with Gasteiger partial charge < -0.3 is 14.8 Å². The summed E-state index contributed by atoms with van der Waals surface area (Å²) in [6, 6.07) is 10.8. The normalized spacial score (nSPS) is 13.1. The first kappa shape index (κ1) is 21.4. The standard InChI is InChI=1S/C22H23FN2O5/c1-29-21(27)14-7-10-17(22(28)30-2)19(11-14)24-20(26)13-25(16-8-9-16)12-15-5-3-4-6-18(15)23/h3-7,10-11,16H,8-9,12-13H2,1-2H3,(H,24,26). The molecule has 3 rings (SSSR count). The molecule has 1 aliphatic rings. The smallest absolute Gasteiger partial charge is 0.339 e. The highest BCUT2D eigenvalue weighted by Crippen LogP contribution is 2.29. The molecule has 0 bridgehead atoms. The van der Waals surface area contributed by atoms with E-state index in [4.69, 9.17) is 9.47 Å². The van der Waals surface area contributed by atoms with Gasteiger partial charge in [0.25, 0.3) is 0 Å². The van der Waals surface area contributed by atoms with E-state index in [1.54, 1.807) is 18.2 Å². The number of hydrogen-bond donors (Lipinski definition) is 1. The summed E-state index contributed by atoms with van der Waals surface area (Å²) in [5.41, 5.74) is 0.966. The molecule has 2 aromatic carbocycles. The van der Waals surface area contributed by atoms with Gasteiger partial charge >= 0.3 is 11.9 Å². The van der Waals surface area contributed by atoms with Crippen LogP contribution in [0.15, 0.2) is 42.5 Å². The highest BCUT2D eigenvalue weighted by atomic mass is 19.1. The zero-order valence-electron chi connectivity index (χ0n) is 16.8. The van der Waals surface area contributed by atoms with Gasteiger partial charge in [0.15, 0.2) is 0 Å². The number of esters is 2. The van der Waals surface area contributed by atoms with E-state index in [0.717, 1.165) is 12.8 Å². The molecule has 0 radical (unpaired) electrons. The Bertz CT molecular complexity index is 958. The number of amides is 1. The number of ether oxygens (including phenoxy) is 2. The fourth-order valence-corrected chi connectivity index (χ4v) is 3.15. The average molecular weight is 414 g/mol. The number of methoxy groups -OCH3 is 2. The summed E-state index contributed by atoms with van der Waals surface area (Å²) in [4.78, 5) is 38.5. The number of carbonyl (C=O) groups is 3. The number of benzene rings is 2. The van der Waals surface area contributed by atoms with Crippen LogP contribution in [-0.4, -0.2) is 49.6 Å². The molecule has 1 amide bonds. The quantitative estimate of drug-likeness (QED) is 0.669. The first-order chi connectivity index (χ1) is 14.4. The van der Waals surface area contributed by atoms with Crippen molar-refractivity contribution in [2.75, 3.05) is 26.1 Å². The lowest BCUT2D eigenvalue weighted by Gasteiger charge is -2.22. The van der Waals surface area contributed by atoms with Crippen LogP contribution in [0.25, 0.3) is 0 Å². The van der Waals surface area contributed by atoms with Gasteiger partial charge in [0.2, 0.25) is 5.91 Å². The molecular formula is C22H23FN2O5. The number of hydrogen-bond acceptors (Lipinski definition) is 6. The molecule has 158 valence electrons. The average Bonchev–Trinajstić information content (AvgIpc) is 3.59. The Hall–Kier alpha value is -3.26. The SMILES string of the molecule is COC(=O)c1ccc(C(=O)OC)c(NC(=O)CN(Cc2ccccc2F)C2CC2)c1. The van der Waals surface area contributed by atoms with E-state index in [1.807, 2.05) is 4.90 Å². The van der Waals surface area contributed by atoms with E-state index in [9.17, 15) is 18.8 Å². The fraction of sp³-hybridized carbons (Fsp3) is 0.318. The molecule has 0 saturated heterocycles. The molecule has 2 aromatic rings. The topological polar surface area (TPSA) is 84.9 Å². The van der Waals surface area contributed by atoms with Crippen molar-refractivity contribution < 1.29 is 28.2 Å². The Labute approximate surface area is 173 Å². The van der Waals surface area contributed by atoms with Crippen LogP contribution in [0, 0.1) is 5.82 Å². The third-order valence-corrected chi connectivity index (χ3v) is 4.86. The number of carbonyl (C=O) groups excluding carboxylic acids is 3. The van der Waals surface area contributed by atoms with E-state index in [2.05, 4.69) is 5.32 Å². The molecule has 7 nitrogen and oxygen atoms in total. The fourth-order valence-electron chi connectivity index (χ4n) is 3.15. The van der Waals surface area contributed by atoms with Gasteiger partial charge in [0.05, 0.1) is 37.6 Å². The van der Waals surface area contributed by atoms with Crippen molar-refractivity contribution in [1.82, 2.24) is 4.90 Å². The summed E-state index contributed by atoms with van der Waals surface area (Å²) in [5, 5.41) is 2.68. The first-order valence-corrected chi connectivity index (χ1v) is 9.51. The van der Waals surface area contributed by atoms with Crippen LogP contribution in [0.3, 0.4) is 0 Å². The lowest BCUT2D eigenvalue weighted by molar-refractivity contribution is -0.117. The van der Waals surface area contributed by atoms with Crippen LogP contribution >= 0.6 is 0 Å². The van der Waals surface area contributed by atoms with Gasteiger partial charge in [0, 0.05) is 18.2 Å². The molecule has 1 aliphatic carbocycles. The van der Waals surface area contributed by atoms with Crippen molar-refractivity contribution in [3.05, 3.63) is 65.0 Å². The van der Waals surface area contributed by atoms with E-state index < -0.39 is 11.9 Å². The van der Waals surface area contributed by atoms with Crippen LogP contribution in [0.5, 0.6) is 0 Å². The second-order valence-electron chi connectivity index (χ2n) is 7.02. The Morgan fingerprint density at radius 2 is 1.77 bits per heavy atom. The molecule has 0 heterocycles. The highest BCUT2D eigenvalue weighted by Gasteiger charge is 2.31. The number of anilines is 1. The van der Waals surface area contributed by atoms with Gasteiger partial charge in [-0.2, -0.15) is 0 Å². The largest absolute Gasteiger partial charge is 0.465 e. The molecule has 0 aliphatic heterocycles. The number of rotatable bonds is 8. The highest BCUT2D eigenvalue weighted by molar-refractivity contribution is 6.03. The van der Waals surface area contributed by atoms with Gasteiger partial charge in [-0.3, -0.25) is 9.69 Å². The molecule has 30 heavy (non-hydrogen) atoms. The summed E-state index contributed by atoms with van der Waals surface area (Å²) >= 11 is 0. The molecule has 0 atom stereocenters. The minimum atomic E-state index is -0.646. The molecule has 1 saturated carbocycles.